The molecule has 0 aliphatic heterocycles. The molecule has 0 spiro atoms. The quantitative estimate of drug-likeness (QED) is 0.908. The number of aromatic nitrogens is 1. The second-order valence-electron chi connectivity index (χ2n) is 4.83. The third-order valence-electron chi connectivity index (χ3n) is 3.08. The predicted molar refractivity (Wildman–Crippen MR) is 70.5 cm³/mol. The summed E-state index contributed by atoms with van der Waals surface area (Å²) in [5.74, 6) is -1.51. The van der Waals surface area contributed by atoms with Crippen molar-refractivity contribution in [2.45, 2.75) is 25.4 Å². The molecule has 1 aliphatic rings. The number of halogens is 2. The van der Waals surface area contributed by atoms with Gasteiger partial charge in [-0.05, 0) is 42.7 Å². The monoisotopic (exact) mass is 276 g/mol. The largest absolute Gasteiger partial charge is 0.450 e. The summed E-state index contributed by atoms with van der Waals surface area (Å²) in [7, 11) is 0. The fourth-order valence-corrected chi connectivity index (χ4v) is 1.89. The number of hydrogen-bond acceptors (Lipinski definition) is 3. The Balaban J connectivity index is 1.77. The highest BCUT2D eigenvalue weighted by Gasteiger charge is 2.21. The Labute approximate surface area is 115 Å². The number of pyridine rings is 1. The zero-order valence-electron chi connectivity index (χ0n) is 10.8. The molecule has 1 fully saturated rings. The molecule has 0 amide bonds. The van der Waals surface area contributed by atoms with Gasteiger partial charge in [-0.15, -0.1) is 0 Å². The highest BCUT2D eigenvalue weighted by molar-refractivity contribution is 5.35. The maximum Gasteiger partial charge on any atom is 0.198 e. The van der Waals surface area contributed by atoms with Crippen LogP contribution in [0.4, 0.5) is 8.78 Å². The van der Waals surface area contributed by atoms with E-state index in [4.69, 9.17) is 4.74 Å². The van der Waals surface area contributed by atoms with Crippen molar-refractivity contribution in [1.29, 1.82) is 0 Å². The molecular weight excluding hydrogens is 262 g/mol. The average Bonchev–Trinajstić information content (AvgIpc) is 3.26. The molecule has 1 heterocycles. The molecule has 1 N–H and O–H groups in total. The Kier molecular flexibility index (Phi) is 3.60. The lowest BCUT2D eigenvalue weighted by Crippen LogP contribution is -2.15. The van der Waals surface area contributed by atoms with Crippen LogP contribution in [0.5, 0.6) is 11.5 Å². The van der Waals surface area contributed by atoms with Gasteiger partial charge in [0.25, 0.3) is 0 Å². The smallest absolute Gasteiger partial charge is 0.198 e. The molecule has 0 bridgehead atoms. The summed E-state index contributed by atoms with van der Waals surface area (Å²) < 4.78 is 33.0. The molecule has 0 radical (unpaired) electrons. The molecule has 1 aliphatic carbocycles. The Morgan fingerprint density at radius 2 is 2.00 bits per heavy atom. The summed E-state index contributed by atoms with van der Waals surface area (Å²) >= 11 is 0. The van der Waals surface area contributed by atoms with Crippen LogP contribution in [-0.2, 0) is 6.54 Å². The number of nitrogens with one attached hydrogen (secondary N) is 1. The van der Waals surface area contributed by atoms with Crippen LogP contribution in [0, 0.1) is 11.6 Å². The van der Waals surface area contributed by atoms with Gasteiger partial charge in [-0.3, -0.25) is 4.98 Å². The van der Waals surface area contributed by atoms with E-state index >= 15 is 0 Å². The van der Waals surface area contributed by atoms with Crippen LogP contribution in [0.2, 0.25) is 0 Å². The van der Waals surface area contributed by atoms with Crippen molar-refractivity contribution in [1.82, 2.24) is 10.3 Å². The summed E-state index contributed by atoms with van der Waals surface area (Å²) in [6, 6.07) is 6.31. The van der Waals surface area contributed by atoms with Gasteiger partial charge in [0, 0.05) is 18.8 Å². The molecule has 1 aromatic carbocycles. The summed E-state index contributed by atoms with van der Waals surface area (Å²) in [6.45, 7) is 0.464. The molecule has 0 saturated heterocycles. The summed E-state index contributed by atoms with van der Waals surface area (Å²) in [4.78, 5) is 3.83. The van der Waals surface area contributed by atoms with E-state index in [1.165, 1.54) is 18.3 Å². The van der Waals surface area contributed by atoms with Crippen molar-refractivity contribution in [3.63, 3.8) is 0 Å². The van der Waals surface area contributed by atoms with Gasteiger partial charge in [-0.1, -0.05) is 0 Å². The molecule has 3 nitrogen and oxygen atoms in total. The molecule has 20 heavy (non-hydrogen) atoms. The number of hydrogen-bond donors (Lipinski definition) is 1. The first-order valence-corrected chi connectivity index (χ1v) is 6.51. The van der Waals surface area contributed by atoms with Crippen LogP contribution in [0.1, 0.15) is 18.4 Å². The van der Waals surface area contributed by atoms with Crippen molar-refractivity contribution < 1.29 is 13.5 Å². The van der Waals surface area contributed by atoms with Crippen LogP contribution in [-0.4, -0.2) is 11.0 Å². The topological polar surface area (TPSA) is 34.1 Å². The van der Waals surface area contributed by atoms with Crippen molar-refractivity contribution in [3.05, 3.63) is 53.9 Å². The highest BCUT2D eigenvalue weighted by Crippen LogP contribution is 2.28. The number of ether oxygens (including phenoxy) is 1. The van der Waals surface area contributed by atoms with E-state index < -0.39 is 17.4 Å². The summed E-state index contributed by atoms with van der Waals surface area (Å²) in [5, 5.41) is 3.21. The van der Waals surface area contributed by atoms with Crippen LogP contribution >= 0.6 is 0 Å². The molecule has 0 unspecified atom stereocenters. The van der Waals surface area contributed by atoms with Crippen LogP contribution < -0.4 is 10.1 Å². The molecule has 0 atom stereocenters. The number of nitrogens with zero attached hydrogens (tertiary/aromatic N) is 1. The lowest BCUT2D eigenvalue weighted by atomic mass is 10.2. The van der Waals surface area contributed by atoms with E-state index in [0.29, 0.717) is 23.9 Å². The van der Waals surface area contributed by atoms with Crippen LogP contribution in [0.25, 0.3) is 0 Å². The predicted octanol–water partition coefficient (Wildman–Crippen LogP) is 3.40. The fraction of sp³-hybridized carbons (Fsp3) is 0.267. The molecule has 1 aromatic heterocycles. The zero-order chi connectivity index (χ0) is 13.9. The lowest BCUT2D eigenvalue weighted by Gasteiger charge is -2.10. The molecule has 3 rings (SSSR count). The van der Waals surface area contributed by atoms with Gasteiger partial charge in [-0.25, -0.2) is 8.78 Å². The Bertz CT molecular complexity index is 577. The van der Waals surface area contributed by atoms with Gasteiger partial charge in [0.2, 0.25) is 0 Å². The van der Waals surface area contributed by atoms with Gasteiger partial charge in [0.1, 0.15) is 5.75 Å². The van der Waals surface area contributed by atoms with Gasteiger partial charge in [0.05, 0.1) is 6.20 Å². The second-order valence-corrected chi connectivity index (χ2v) is 4.83. The normalized spacial score (nSPS) is 14.3. The fourth-order valence-electron chi connectivity index (χ4n) is 1.89. The third-order valence-corrected chi connectivity index (χ3v) is 3.08. The average molecular weight is 276 g/mol. The molecule has 2 aromatic rings. The van der Waals surface area contributed by atoms with Crippen molar-refractivity contribution in [3.8, 4) is 11.5 Å². The van der Waals surface area contributed by atoms with Gasteiger partial charge < -0.3 is 10.1 Å². The Morgan fingerprint density at radius 3 is 2.60 bits per heavy atom. The lowest BCUT2D eigenvalue weighted by molar-refractivity contribution is 0.405. The first-order chi connectivity index (χ1) is 9.72. The first-order valence-electron chi connectivity index (χ1n) is 6.51. The van der Waals surface area contributed by atoms with Crippen molar-refractivity contribution in [2.75, 3.05) is 0 Å². The van der Waals surface area contributed by atoms with E-state index in [1.807, 2.05) is 0 Å². The molecular formula is C15H14F2N2O. The van der Waals surface area contributed by atoms with E-state index in [9.17, 15) is 8.78 Å². The van der Waals surface area contributed by atoms with Gasteiger partial charge in [0.15, 0.2) is 17.4 Å². The van der Waals surface area contributed by atoms with E-state index in [1.54, 1.807) is 18.3 Å². The first kappa shape index (κ1) is 13.0. The number of rotatable bonds is 5. The molecule has 104 valence electrons. The van der Waals surface area contributed by atoms with Crippen molar-refractivity contribution in [2.24, 2.45) is 0 Å². The minimum absolute atomic E-state index is 0.300. The van der Waals surface area contributed by atoms with Crippen molar-refractivity contribution >= 4 is 0 Å². The Morgan fingerprint density at radius 1 is 1.25 bits per heavy atom. The second kappa shape index (κ2) is 5.54. The minimum Gasteiger partial charge on any atom is -0.450 e. The maximum absolute atomic E-state index is 13.9. The third kappa shape index (κ3) is 3.11. The molecule has 1 saturated carbocycles. The van der Waals surface area contributed by atoms with Crippen LogP contribution in [0.3, 0.4) is 0 Å². The van der Waals surface area contributed by atoms with E-state index in [-0.39, 0.29) is 0 Å². The highest BCUT2D eigenvalue weighted by atomic mass is 19.1. The standard InChI is InChI=1S/C15H14F2N2O/c16-13-6-10(8-19-11-3-4-11)7-14(17)15(13)20-12-2-1-5-18-9-12/h1-2,5-7,9,11,19H,3-4,8H2. The minimum atomic E-state index is -0.707. The summed E-state index contributed by atoms with van der Waals surface area (Å²) in [5.41, 5.74) is 0.574. The summed E-state index contributed by atoms with van der Waals surface area (Å²) in [6.07, 6.45) is 5.23. The van der Waals surface area contributed by atoms with Gasteiger partial charge in [-0.2, -0.15) is 0 Å². The SMILES string of the molecule is Fc1cc(CNC2CC2)cc(F)c1Oc1cccnc1. The van der Waals surface area contributed by atoms with Crippen LogP contribution in [0.15, 0.2) is 36.7 Å². The van der Waals surface area contributed by atoms with Gasteiger partial charge >= 0.3 is 0 Å². The van der Waals surface area contributed by atoms with E-state index in [0.717, 1.165) is 12.8 Å². The van der Waals surface area contributed by atoms with E-state index in [2.05, 4.69) is 10.3 Å². The zero-order valence-corrected chi connectivity index (χ0v) is 10.8. The Hall–Kier alpha value is -2.01. The number of benzene rings is 1. The molecule has 5 heteroatoms. The maximum atomic E-state index is 13.9.